The third-order valence-electron chi connectivity index (χ3n) is 4.32. The minimum Gasteiger partial charge on any atom is -0.316 e. The molecule has 2 heterocycles. The SMILES string of the molecule is Cl.Cl.c1ccc(CN2CCC3CNCCC3C2)cc1. The van der Waals surface area contributed by atoms with Gasteiger partial charge in [-0.25, -0.2) is 0 Å². The van der Waals surface area contributed by atoms with Crippen LogP contribution in [0.4, 0.5) is 0 Å². The Morgan fingerprint density at radius 2 is 1.84 bits per heavy atom. The number of benzene rings is 1. The maximum absolute atomic E-state index is 3.53. The third kappa shape index (κ3) is 4.35. The lowest BCUT2D eigenvalue weighted by atomic mass is 9.81. The van der Waals surface area contributed by atoms with Crippen molar-refractivity contribution < 1.29 is 0 Å². The lowest BCUT2D eigenvalue weighted by Crippen LogP contribution is -2.47. The van der Waals surface area contributed by atoms with Gasteiger partial charge in [0.05, 0.1) is 0 Å². The number of halogens is 2. The first kappa shape index (κ1) is 16.8. The van der Waals surface area contributed by atoms with Crippen LogP contribution < -0.4 is 5.32 Å². The lowest BCUT2D eigenvalue weighted by Gasteiger charge is -2.41. The predicted molar refractivity (Wildman–Crippen MR) is 85.3 cm³/mol. The fourth-order valence-corrected chi connectivity index (χ4v) is 3.31. The van der Waals surface area contributed by atoms with E-state index in [0.29, 0.717) is 0 Å². The molecule has 1 aromatic carbocycles. The number of likely N-dealkylation sites (tertiary alicyclic amines) is 1. The van der Waals surface area contributed by atoms with Crippen molar-refractivity contribution in [2.24, 2.45) is 11.8 Å². The summed E-state index contributed by atoms with van der Waals surface area (Å²) >= 11 is 0. The summed E-state index contributed by atoms with van der Waals surface area (Å²) in [6.45, 7) is 6.20. The van der Waals surface area contributed by atoms with Gasteiger partial charge < -0.3 is 5.32 Å². The second kappa shape index (κ2) is 8.11. The summed E-state index contributed by atoms with van der Waals surface area (Å²) in [5.41, 5.74) is 1.46. The molecule has 0 bridgehead atoms. The fraction of sp³-hybridized carbons (Fsp3) is 0.600. The van der Waals surface area contributed by atoms with E-state index in [9.17, 15) is 0 Å². The summed E-state index contributed by atoms with van der Waals surface area (Å²) in [6.07, 6.45) is 2.75. The second-order valence-electron chi connectivity index (χ2n) is 5.52. The molecule has 2 fully saturated rings. The van der Waals surface area contributed by atoms with E-state index in [1.54, 1.807) is 0 Å². The van der Waals surface area contributed by atoms with Gasteiger partial charge in [0.2, 0.25) is 0 Å². The van der Waals surface area contributed by atoms with Crippen molar-refractivity contribution in [2.45, 2.75) is 19.4 Å². The highest BCUT2D eigenvalue weighted by molar-refractivity contribution is 5.85. The van der Waals surface area contributed by atoms with Gasteiger partial charge in [-0.3, -0.25) is 4.90 Å². The zero-order valence-electron chi connectivity index (χ0n) is 11.3. The summed E-state index contributed by atoms with van der Waals surface area (Å²) in [6, 6.07) is 10.9. The Morgan fingerprint density at radius 3 is 2.63 bits per heavy atom. The van der Waals surface area contributed by atoms with Gasteiger partial charge in [-0.15, -0.1) is 24.8 Å². The standard InChI is InChI=1S/C15H22N2.2ClH/c1-2-4-13(5-3-1)11-17-9-7-14-10-16-8-6-15(14)12-17;;/h1-5,14-16H,6-12H2;2*1H. The number of nitrogens with zero attached hydrogens (tertiary/aromatic N) is 1. The van der Waals surface area contributed by atoms with Crippen molar-refractivity contribution in [1.29, 1.82) is 0 Å². The first-order valence-corrected chi connectivity index (χ1v) is 6.89. The van der Waals surface area contributed by atoms with Gasteiger partial charge in [0.1, 0.15) is 0 Å². The number of rotatable bonds is 2. The van der Waals surface area contributed by atoms with Crippen LogP contribution >= 0.6 is 24.8 Å². The molecular formula is C15H24Cl2N2. The van der Waals surface area contributed by atoms with Crippen molar-refractivity contribution >= 4 is 24.8 Å². The molecule has 108 valence electrons. The van der Waals surface area contributed by atoms with Crippen LogP contribution in [0.25, 0.3) is 0 Å². The number of hydrogen-bond acceptors (Lipinski definition) is 2. The Labute approximate surface area is 128 Å². The molecule has 3 rings (SSSR count). The zero-order chi connectivity index (χ0) is 11.5. The van der Waals surface area contributed by atoms with Gasteiger partial charge in [0.15, 0.2) is 0 Å². The van der Waals surface area contributed by atoms with Gasteiger partial charge >= 0.3 is 0 Å². The maximum atomic E-state index is 3.53. The Bertz CT molecular complexity index is 358. The molecule has 1 aromatic rings. The number of hydrogen-bond donors (Lipinski definition) is 1. The monoisotopic (exact) mass is 302 g/mol. The average molecular weight is 303 g/mol. The van der Waals surface area contributed by atoms with Crippen LogP contribution in [0.1, 0.15) is 18.4 Å². The molecule has 2 aliphatic heterocycles. The molecule has 4 heteroatoms. The number of nitrogens with one attached hydrogen (secondary N) is 1. The minimum absolute atomic E-state index is 0. The highest BCUT2D eigenvalue weighted by Crippen LogP contribution is 2.28. The molecule has 0 aliphatic carbocycles. The topological polar surface area (TPSA) is 15.3 Å². The van der Waals surface area contributed by atoms with E-state index in [1.165, 1.54) is 44.6 Å². The predicted octanol–water partition coefficient (Wildman–Crippen LogP) is 2.96. The first-order valence-electron chi connectivity index (χ1n) is 6.89. The Morgan fingerprint density at radius 1 is 1.05 bits per heavy atom. The number of fused-ring (bicyclic) bond motifs is 1. The molecular weight excluding hydrogens is 279 g/mol. The minimum atomic E-state index is 0. The van der Waals surface area contributed by atoms with Crippen molar-refractivity contribution in [3.05, 3.63) is 35.9 Å². The molecule has 0 saturated carbocycles. The molecule has 2 saturated heterocycles. The Kier molecular flexibility index (Phi) is 7.16. The quantitative estimate of drug-likeness (QED) is 0.903. The van der Waals surface area contributed by atoms with Crippen LogP contribution in [-0.4, -0.2) is 31.1 Å². The van der Waals surface area contributed by atoms with Crippen LogP contribution in [0.3, 0.4) is 0 Å². The van der Waals surface area contributed by atoms with Gasteiger partial charge in [0, 0.05) is 13.1 Å². The Hall–Kier alpha value is -0.280. The van der Waals surface area contributed by atoms with Crippen molar-refractivity contribution in [3.63, 3.8) is 0 Å². The summed E-state index contributed by atoms with van der Waals surface area (Å²) in [5.74, 6) is 1.88. The van der Waals surface area contributed by atoms with Crippen LogP contribution in [0.5, 0.6) is 0 Å². The molecule has 2 atom stereocenters. The first-order chi connectivity index (χ1) is 8.42. The van der Waals surface area contributed by atoms with E-state index < -0.39 is 0 Å². The average Bonchev–Trinajstić information content (AvgIpc) is 2.40. The molecule has 2 nitrogen and oxygen atoms in total. The molecule has 2 aliphatic rings. The van der Waals surface area contributed by atoms with Crippen LogP contribution in [0.2, 0.25) is 0 Å². The van der Waals surface area contributed by atoms with Gasteiger partial charge in [0.25, 0.3) is 0 Å². The molecule has 0 spiro atoms. The van der Waals surface area contributed by atoms with E-state index in [2.05, 4.69) is 40.5 Å². The zero-order valence-corrected chi connectivity index (χ0v) is 12.9. The van der Waals surface area contributed by atoms with Gasteiger partial charge in [-0.05, 0) is 49.9 Å². The molecule has 0 radical (unpaired) electrons. The number of piperidine rings is 2. The summed E-state index contributed by atoms with van der Waals surface area (Å²) in [7, 11) is 0. The van der Waals surface area contributed by atoms with Crippen LogP contribution in [-0.2, 0) is 6.54 Å². The molecule has 0 amide bonds. The van der Waals surface area contributed by atoms with E-state index >= 15 is 0 Å². The lowest BCUT2D eigenvalue weighted by molar-refractivity contribution is 0.0904. The normalized spacial score (nSPS) is 26.7. The van der Waals surface area contributed by atoms with Crippen molar-refractivity contribution in [3.8, 4) is 0 Å². The van der Waals surface area contributed by atoms with Crippen molar-refractivity contribution in [2.75, 3.05) is 26.2 Å². The summed E-state index contributed by atoms with van der Waals surface area (Å²) in [5, 5.41) is 3.53. The van der Waals surface area contributed by atoms with Crippen LogP contribution in [0, 0.1) is 11.8 Å². The smallest absolute Gasteiger partial charge is 0.0233 e. The van der Waals surface area contributed by atoms with Gasteiger partial charge in [-0.1, -0.05) is 30.3 Å². The molecule has 0 aromatic heterocycles. The molecule has 2 unspecified atom stereocenters. The van der Waals surface area contributed by atoms with Crippen molar-refractivity contribution in [1.82, 2.24) is 10.2 Å². The highest BCUT2D eigenvalue weighted by Gasteiger charge is 2.30. The molecule has 19 heavy (non-hydrogen) atoms. The van der Waals surface area contributed by atoms with Gasteiger partial charge in [-0.2, -0.15) is 0 Å². The second-order valence-corrected chi connectivity index (χ2v) is 5.52. The van der Waals surface area contributed by atoms with E-state index in [0.717, 1.165) is 18.4 Å². The fourth-order valence-electron chi connectivity index (χ4n) is 3.31. The third-order valence-corrected chi connectivity index (χ3v) is 4.32. The summed E-state index contributed by atoms with van der Waals surface area (Å²) in [4.78, 5) is 2.64. The maximum Gasteiger partial charge on any atom is 0.0233 e. The van der Waals surface area contributed by atoms with E-state index in [4.69, 9.17) is 0 Å². The Balaban J connectivity index is 0.000000902. The van der Waals surface area contributed by atoms with E-state index in [1.807, 2.05) is 0 Å². The van der Waals surface area contributed by atoms with Crippen LogP contribution in [0.15, 0.2) is 30.3 Å². The van der Waals surface area contributed by atoms with E-state index in [-0.39, 0.29) is 24.8 Å². The highest BCUT2D eigenvalue weighted by atomic mass is 35.5. The molecule has 1 N–H and O–H groups in total. The summed E-state index contributed by atoms with van der Waals surface area (Å²) < 4.78 is 0. The largest absolute Gasteiger partial charge is 0.316 e.